The van der Waals surface area contributed by atoms with Gasteiger partial charge in [-0.25, -0.2) is 4.79 Å². The third kappa shape index (κ3) is 9.03. The Hall–Kier alpha value is -0.710. The maximum atomic E-state index is 11.1. The van der Waals surface area contributed by atoms with E-state index in [0.29, 0.717) is 0 Å². The van der Waals surface area contributed by atoms with Gasteiger partial charge in [-0.3, -0.25) is 8.37 Å². The van der Waals surface area contributed by atoms with E-state index in [4.69, 9.17) is 0 Å². The van der Waals surface area contributed by atoms with Crippen molar-refractivity contribution in [2.24, 2.45) is 0 Å². The third-order valence-electron chi connectivity index (χ3n) is 1.43. The molecule has 17 heavy (non-hydrogen) atoms. The monoisotopic (exact) mass is 290 g/mol. The maximum absolute atomic E-state index is 11.1. The smallest absolute Gasteiger partial charge is 0.336 e. The van der Waals surface area contributed by atoms with Gasteiger partial charge in [-0.05, 0) is 0 Å². The highest BCUT2D eigenvalue weighted by atomic mass is 32.2. The lowest BCUT2D eigenvalue weighted by Gasteiger charge is -2.13. The molecule has 0 aliphatic rings. The van der Waals surface area contributed by atoms with Crippen LogP contribution in [0.15, 0.2) is 0 Å². The Morgan fingerprint density at radius 3 is 2.00 bits per heavy atom. The summed E-state index contributed by atoms with van der Waals surface area (Å²) in [5.74, 6) is -0.924. The summed E-state index contributed by atoms with van der Waals surface area (Å²) in [4.78, 5) is 11.1. The average Bonchev–Trinajstić information content (AvgIpc) is 2.11. The molecule has 10 heteroatoms. The zero-order chi connectivity index (χ0) is 13.7. The van der Waals surface area contributed by atoms with Gasteiger partial charge in [0.05, 0.1) is 26.2 Å². The summed E-state index contributed by atoms with van der Waals surface area (Å²) in [7, 11) is -6.45. The molecule has 0 aromatic heterocycles. The van der Waals surface area contributed by atoms with E-state index in [0.717, 1.165) is 19.6 Å². The minimum atomic E-state index is -3.85. The molecule has 8 nitrogen and oxygen atoms in total. The van der Waals surface area contributed by atoms with Crippen molar-refractivity contribution in [3.05, 3.63) is 0 Å². The SMILES string of the molecule is COC(=O)C(CCOS(C)(=O)=O)OS(C)(=O)=O. The summed E-state index contributed by atoms with van der Waals surface area (Å²) in [6.07, 6.45) is -0.0816. The molecule has 0 aliphatic carbocycles. The molecule has 102 valence electrons. The van der Waals surface area contributed by atoms with E-state index in [-0.39, 0.29) is 13.0 Å². The van der Waals surface area contributed by atoms with Crippen LogP contribution in [0.1, 0.15) is 6.42 Å². The van der Waals surface area contributed by atoms with Crippen molar-refractivity contribution in [1.29, 1.82) is 0 Å². The van der Waals surface area contributed by atoms with E-state index in [1.165, 1.54) is 0 Å². The molecule has 1 unspecified atom stereocenters. The molecule has 0 aliphatic heterocycles. The van der Waals surface area contributed by atoms with Gasteiger partial charge in [0.1, 0.15) is 0 Å². The number of esters is 1. The Morgan fingerprint density at radius 1 is 1.12 bits per heavy atom. The van der Waals surface area contributed by atoms with Gasteiger partial charge in [-0.15, -0.1) is 0 Å². The lowest BCUT2D eigenvalue weighted by atomic mass is 10.3. The molecule has 0 radical (unpaired) electrons. The lowest BCUT2D eigenvalue weighted by molar-refractivity contribution is -0.149. The first-order valence-corrected chi connectivity index (χ1v) is 7.99. The molecule has 0 spiro atoms. The summed E-state index contributed by atoms with van der Waals surface area (Å²) in [6, 6.07) is 0. The van der Waals surface area contributed by atoms with Crippen LogP contribution < -0.4 is 0 Å². The van der Waals surface area contributed by atoms with Crippen LogP contribution in [0.5, 0.6) is 0 Å². The quantitative estimate of drug-likeness (QED) is 0.427. The highest BCUT2D eigenvalue weighted by Crippen LogP contribution is 2.06. The van der Waals surface area contributed by atoms with Crippen LogP contribution in [0.4, 0.5) is 0 Å². The minimum Gasteiger partial charge on any atom is -0.467 e. The summed E-state index contributed by atoms with van der Waals surface area (Å²) < 4.78 is 56.0. The van der Waals surface area contributed by atoms with Crippen molar-refractivity contribution in [2.75, 3.05) is 26.2 Å². The van der Waals surface area contributed by atoms with Gasteiger partial charge in [-0.2, -0.15) is 16.8 Å². The molecule has 0 rings (SSSR count). The minimum absolute atomic E-state index is 0.257. The summed E-state index contributed by atoms with van der Waals surface area (Å²) >= 11 is 0. The number of rotatable bonds is 7. The number of carbonyl (C=O) groups excluding carboxylic acids is 1. The molecule has 0 aromatic rings. The second-order valence-corrected chi connectivity index (χ2v) is 6.37. The van der Waals surface area contributed by atoms with Crippen molar-refractivity contribution >= 4 is 26.2 Å². The van der Waals surface area contributed by atoms with Gasteiger partial charge < -0.3 is 4.74 Å². The van der Waals surface area contributed by atoms with Crippen LogP contribution >= 0.6 is 0 Å². The number of hydrogen-bond donors (Lipinski definition) is 0. The molecule has 0 amide bonds. The molecule has 1 atom stereocenters. The van der Waals surface area contributed by atoms with Crippen molar-refractivity contribution in [3.63, 3.8) is 0 Å². The molecular weight excluding hydrogens is 276 g/mol. The van der Waals surface area contributed by atoms with Crippen molar-refractivity contribution in [2.45, 2.75) is 12.5 Å². The molecule has 0 fully saturated rings. The molecule has 0 heterocycles. The summed E-state index contributed by atoms with van der Waals surface area (Å²) in [5, 5.41) is 0. The van der Waals surface area contributed by atoms with Gasteiger partial charge in [0, 0.05) is 6.42 Å². The fraction of sp³-hybridized carbons (Fsp3) is 0.857. The average molecular weight is 290 g/mol. The van der Waals surface area contributed by atoms with Crippen LogP contribution in [0, 0.1) is 0 Å². The molecule has 0 saturated carbocycles. The van der Waals surface area contributed by atoms with E-state index in [1.807, 2.05) is 0 Å². The fourth-order valence-electron chi connectivity index (χ4n) is 0.854. The predicted molar refractivity (Wildman–Crippen MR) is 57.1 cm³/mol. The third-order valence-corrected chi connectivity index (χ3v) is 2.61. The first kappa shape index (κ1) is 16.3. The Balaban J connectivity index is 4.47. The van der Waals surface area contributed by atoms with Gasteiger partial charge in [0.2, 0.25) is 0 Å². The molecule has 0 bridgehead atoms. The number of methoxy groups -OCH3 is 1. The fourth-order valence-corrected chi connectivity index (χ4v) is 1.85. The Bertz CT molecular complexity index is 448. The normalized spacial score (nSPS) is 14.3. The molecular formula is C7H14O8S2. The second kappa shape index (κ2) is 6.28. The van der Waals surface area contributed by atoms with Crippen LogP contribution in [0.2, 0.25) is 0 Å². The van der Waals surface area contributed by atoms with Crippen molar-refractivity contribution in [1.82, 2.24) is 0 Å². The van der Waals surface area contributed by atoms with Crippen LogP contribution in [-0.2, 0) is 38.1 Å². The highest BCUT2D eigenvalue weighted by Gasteiger charge is 2.25. The standard InChI is InChI=1S/C7H14O8S2/c1-13-7(8)6(15-17(3,11)12)4-5-14-16(2,9)10/h6H,4-5H2,1-3H3. The van der Waals surface area contributed by atoms with Gasteiger partial charge >= 0.3 is 5.97 Å². The molecule has 0 aromatic carbocycles. The number of ether oxygens (including phenoxy) is 1. The maximum Gasteiger partial charge on any atom is 0.336 e. The lowest BCUT2D eigenvalue weighted by Crippen LogP contribution is -2.29. The van der Waals surface area contributed by atoms with E-state index >= 15 is 0 Å². The zero-order valence-corrected chi connectivity index (χ0v) is 11.2. The van der Waals surface area contributed by atoms with E-state index < -0.39 is 32.3 Å². The van der Waals surface area contributed by atoms with Crippen molar-refractivity contribution < 1.29 is 34.7 Å². The van der Waals surface area contributed by atoms with Gasteiger partial charge in [-0.1, -0.05) is 0 Å². The van der Waals surface area contributed by atoms with Crippen LogP contribution in [-0.4, -0.2) is 55.1 Å². The second-order valence-electron chi connectivity index (χ2n) is 3.13. The molecule has 0 saturated heterocycles. The first-order valence-electron chi connectivity index (χ1n) is 4.35. The molecule has 0 N–H and O–H groups in total. The van der Waals surface area contributed by atoms with Crippen LogP contribution in [0.3, 0.4) is 0 Å². The predicted octanol–water partition coefficient (Wildman–Crippen LogP) is -1.13. The largest absolute Gasteiger partial charge is 0.467 e. The first-order chi connectivity index (χ1) is 7.55. The van der Waals surface area contributed by atoms with Gasteiger partial charge in [0.25, 0.3) is 20.2 Å². The number of carbonyl (C=O) groups is 1. The van der Waals surface area contributed by atoms with Crippen molar-refractivity contribution in [3.8, 4) is 0 Å². The highest BCUT2D eigenvalue weighted by molar-refractivity contribution is 7.86. The Kier molecular flexibility index (Phi) is 6.02. The number of hydrogen-bond acceptors (Lipinski definition) is 8. The van der Waals surface area contributed by atoms with E-state index in [9.17, 15) is 21.6 Å². The van der Waals surface area contributed by atoms with Gasteiger partial charge in [0.15, 0.2) is 6.10 Å². The van der Waals surface area contributed by atoms with Crippen LogP contribution in [0.25, 0.3) is 0 Å². The summed E-state index contributed by atoms with van der Waals surface area (Å²) in [5.41, 5.74) is 0. The Morgan fingerprint density at radius 2 is 1.65 bits per heavy atom. The Labute approximate surface area is 100 Å². The van der Waals surface area contributed by atoms with E-state index in [2.05, 4.69) is 13.1 Å². The zero-order valence-electron chi connectivity index (χ0n) is 9.57. The topological polar surface area (TPSA) is 113 Å². The summed E-state index contributed by atoms with van der Waals surface area (Å²) in [6.45, 7) is -0.381. The van der Waals surface area contributed by atoms with E-state index in [1.54, 1.807) is 0 Å².